The molecule has 1 N–H and O–H groups in total. The first-order valence-electron chi connectivity index (χ1n) is 8.94. The van der Waals surface area contributed by atoms with Crippen LogP contribution in [0.1, 0.15) is 22.5 Å². The molecule has 0 spiro atoms. The Hall–Kier alpha value is -3.36. The fourth-order valence-electron chi connectivity index (χ4n) is 3.18. The molecule has 0 atom stereocenters. The molecule has 0 unspecified atom stereocenters. The van der Waals surface area contributed by atoms with Gasteiger partial charge in [0.2, 0.25) is 0 Å². The van der Waals surface area contributed by atoms with Crippen molar-refractivity contribution in [2.24, 2.45) is 0 Å². The van der Waals surface area contributed by atoms with E-state index in [4.69, 9.17) is 11.6 Å². The number of nitrogens with zero attached hydrogens (tertiary/aromatic N) is 2. The Morgan fingerprint density at radius 2 is 1.93 bits per heavy atom. The number of aryl methyl sites for hydroxylation is 2. The zero-order valence-electron chi connectivity index (χ0n) is 16.3. The SMILES string of the molecule is Cc1cccc(NC(=O)/C(C#N)=C\c2cc(C)n(-c3ccc(F)c(Cl)c3)c2C)c1. The van der Waals surface area contributed by atoms with Crippen LogP contribution in [0, 0.1) is 37.9 Å². The van der Waals surface area contributed by atoms with Crippen LogP contribution < -0.4 is 5.32 Å². The number of benzene rings is 2. The summed E-state index contributed by atoms with van der Waals surface area (Å²) in [6, 6.07) is 15.7. The number of nitrogens with one attached hydrogen (secondary N) is 1. The highest BCUT2D eigenvalue weighted by molar-refractivity contribution is 6.30. The maximum atomic E-state index is 13.5. The molecule has 3 rings (SSSR count). The smallest absolute Gasteiger partial charge is 0.266 e. The first-order valence-corrected chi connectivity index (χ1v) is 9.32. The Kier molecular flexibility index (Phi) is 5.86. The normalized spacial score (nSPS) is 11.2. The number of hydrogen-bond acceptors (Lipinski definition) is 2. The summed E-state index contributed by atoms with van der Waals surface area (Å²) in [5, 5.41) is 12.3. The van der Waals surface area contributed by atoms with Gasteiger partial charge in [0.1, 0.15) is 17.5 Å². The van der Waals surface area contributed by atoms with Gasteiger partial charge in [-0.25, -0.2) is 4.39 Å². The molecule has 3 aromatic rings. The summed E-state index contributed by atoms with van der Waals surface area (Å²) in [6.07, 6.45) is 1.55. The van der Waals surface area contributed by atoms with E-state index in [9.17, 15) is 14.4 Å². The van der Waals surface area contributed by atoms with Crippen molar-refractivity contribution in [2.75, 3.05) is 5.32 Å². The summed E-state index contributed by atoms with van der Waals surface area (Å²) in [7, 11) is 0. The molecular formula is C23H19ClFN3O. The van der Waals surface area contributed by atoms with Crippen molar-refractivity contribution in [3.8, 4) is 11.8 Å². The lowest BCUT2D eigenvalue weighted by Crippen LogP contribution is -2.13. The molecule has 1 heterocycles. The van der Waals surface area contributed by atoms with Gasteiger partial charge in [-0.1, -0.05) is 23.7 Å². The van der Waals surface area contributed by atoms with Crippen molar-refractivity contribution >= 4 is 29.3 Å². The molecular weight excluding hydrogens is 389 g/mol. The standard InChI is InChI=1S/C23H19ClFN3O/c1-14-5-4-6-19(9-14)27-23(29)18(13-26)11-17-10-15(2)28(16(17)3)20-7-8-22(25)21(24)12-20/h4-12H,1-3H3,(H,27,29)/b18-11-. The monoisotopic (exact) mass is 407 g/mol. The van der Waals surface area contributed by atoms with E-state index in [0.717, 1.165) is 22.5 Å². The number of hydrogen-bond donors (Lipinski definition) is 1. The number of nitriles is 1. The fraction of sp³-hybridized carbons (Fsp3) is 0.130. The second kappa shape index (κ2) is 8.34. The van der Waals surface area contributed by atoms with Crippen LogP contribution in [0.2, 0.25) is 5.02 Å². The highest BCUT2D eigenvalue weighted by Gasteiger charge is 2.15. The van der Waals surface area contributed by atoms with E-state index < -0.39 is 11.7 Å². The number of carbonyl (C=O) groups is 1. The minimum absolute atomic E-state index is 0.0103. The van der Waals surface area contributed by atoms with Crippen LogP contribution in [0.15, 0.2) is 54.1 Å². The van der Waals surface area contributed by atoms with Gasteiger partial charge in [-0.2, -0.15) is 5.26 Å². The van der Waals surface area contributed by atoms with E-state index in [1.54, 1.807) is 24.3 Å². The van der Waals surface area contributed by atoms with Gasteiger partial charge in [0.15, 0.2) is 0 Å². The maximum absolute atomic E-state index is 13.5. The molecule has 146 valence electrons. The Bertz CT molecular complexity index is 1170. The first-order chi connectivity index (χ1) is 13.8. The van der Waals surface area contributed by atoms with Crippen molar-refractivity contribution < 1.29 is 9.18 Å². The second-order valence-electron chi connectivity index (χ2n) is 6.75. The third kappa shape index (κ3) is 4.39. The van der Waals surface area contributed by atoms with Crippen molar-refractivity contribution in [3.05, 3.63) is 87.5 Å². The predicted octanol–water partition coefficient (Wildman–Crippen LogP) is 5.74. The van der Waals surface area contributed by atoms with Crippen LogP contribution in [0.4, 0.5) is 10.1 Å². The molecule has 0 aliphatic carbocycles. The Balaban J connectivity index is 1.95. The maximum Gasteiger partial charge on any atom is 0.266 e. The Labute approximate surface area is 173 Å². The van der Waals surface area contributed by atoms with Crippen LogP contribution in [0.5, 0.6) is 0 Å². The summed E-state index contributed by atoms with van der Waals surface area (Å²) in [5.41, 5.74) is 4.72. The molecule has 6 heteroatoms. The summed E-state index contributed by atoms with van der Waals surface area (Å²) in [6.45, 7) is 5.68. The van der Waals surface area contributed by atoms with Gasteiger partial charge in [-0.05, 0) is 74.4 Å². The average Bonchev–Trinajstić information content (AvgIpc) is 2.95. The van der Waals surface area contributed by atoms with Crippen molar-refractivity contribution in [2.45, 2.75) is 20.8 Å². The molecule has 29 heavy (non-hydrogen) atoms. The summed E-state index contributed by atoms with van der Waals surface area (Å²) in [5.74, 6) is -0.967. The van der Waals surface area contributed by atoms with Gasteiger partial charge in [-0.15, -0.1) is 0 Å². The molecule has 0 aliphatic heterocycles. The fourth-order valence-corrected chi connectivity index (χ4v) is 3.36. The van der Waals surface area contributed by atoms with Crippen molar-refractivity contribution in [3.63, 3.8) is 0 Å². The number of carbonyl (C=O) groups excluding carboxylic acids is 1. The number of rotatable bonds is 4. The van der Waals surface area contributed by atoms with Crippen LogP contribution in [0.3, 0.4) is 0 Å². The molecule has 0 saturated heterocycles. The summed E-state index contributed by atoms with van der Waals surface area (Å²) >= 11 is 5.92. The molecule has 1 amide bonds. The van der Waals surface area contributed by atoms with Gasteiger partial charge in [0.05, 0.1) is 5.02 Å². The number of amides is 1. The summed E-state index contributed by atoms with van der Waals surface area (Å²) < 4.78 is 15.4. The molecule has 0 saturated carbocycles. The third-order valence-corrected chi connectivity index (χ3v) is 4.86. The van der Waals surface area contributed by atoms with E-state index in [-0.39, 0.29) is 10.6 Å². The zero-order chi connectivity index (χ0) is 21.1. The number of aromatic nitrogens is 1. The van der Waals surface area contributed by atoms with E-state index >= 15 is 0 Å². The topological polar surface area (TPSA) is 57.8 Å². The quantitative estimate of drug-likeness (QED) is 0.442. The largest absolute Gasteiger partial charge is 0.321 e. The van der Waals surface area contributed by atoms with Crippen LogP contribution in [-0.2, 0) is 4.79 Å². The third-order valence-electron chi connectivity index (χ3n) is 4.57. The van der Waals surface area contributed by atoms with Gasteiger partial charge < -0.3 is 9.88 Å². The molecule has 0 fully saturated rings. The van der Waals surface area contributed by atoms with E-state index in [1.165, 1.54) is 6.07 Å². The van der Waals surface area contributed by atoms with Crippen LogP contribution in [-0.4, -0.2) is 10.5 Å². The molecule has 0 bridgehead atoms. The van der Waals surface area contributed by atoms with Crippen molar-refractivity contribution in [1.29, 1.82) is 5.26 Å². The highest BCUT2D eigenvalue weighted by Crippen LogP contribution is 2.26. The summed E-state index contributed by atoms with van der Waals surface area (Å²) in [4.78, 5) is 12.5. The number of anilines is 1. The average molecular weight is 408 g/mol. The lowest BCUT2D eigenvalue weighted by Gasteiger charge is -2.10. The minimum Gasteiger partial charge on any atom is -0.321 e. The van der Waals surface area contributed by atoms with Gasteiger partial charge in [0, 0.05) is 22.8 Å². The Morgan fingerprint density at radius 1 is 1.17 bits per heavy atom. The first kappa shape index (κ1) is 20.4. The lowest BCUT2D eigenvalue weighted by molar-refractivity contribution is -0.112. The molecule has 0 aliphatic rings. The predicted molar refractivity (Wildman–Crippen MR) is 114 cm³/mol. The molecule has 2 aromatic carbocycles. The second-order valence-corrected chi connectivity index (χ2v) is 7.16. The minimum atomic E-state index is -0.488. The van der Waals surface area contributed by atoms with E-state index in [0.29, 0.717) is 11.4 Å². The molecule has 0 radical (unpaired) electrons. The number of halogens is 2. The molecule has 1 aromatic heterocycles. The van der Waals surface area contributed by atoms with Gasteiger partial charge >= 0.3 is 0 Å². The van der Waals surface area contributed by atoms with E-state index in [2.05, 4.69) is 5.32 Å². The molecule has 4 nitrogen and oxygen atoms in total. The van der Waals surface area contributed by atoms with Crippen LogP contribution >= 0.6 is 11.6 Å². The van der Waals surface area contributed by atoms with E-state index in [1.807, 2.05) is 55.7 Å². The van der Waals surface area contributed by atoms with Gasteiger partial charge in [-0.3, -0.25) is 4.79 Å². The Morgan fingerprint density at radius 3 is 2.59 bits per heavy atom. The van der Waals surface area contributed by atoms with Crippen molar-refractivity contribution in [1.82, 2.24) is 4.57 Å². The zero-order valence-corrected chi connectivity index (χ0v) is 17.0. The van der Waals surface area contributed by atoms with Crippen LogP contribution in [0.25, 0.3) is 11.8 Å². The van der Waals surface area contributed by atoms with Gasteiger partial charge in [0.25, 0.3) is 5.91 Å². The lowest BCUT2D eigenvalue weighted by atomic mass is 10.1. The highest BCUT2D eigenvalue weighted by atomic mass is 35.5.